The van der Waals surface area contributed by atoms with Crippen LogP contribution in [0.2, 0.25) is 5.02 Å². The number of halogens is 5. The molecule has 0 amide bonds. The van der Waals surface area contributed by atoms with Gasteiger partial charge in [-0.05, 0) is 37.1 Å². The second kappa shape index (κ2) is 9.56. The number of rotatable bonds is 3. The molecule has 1 aliphatic heterocycles. The summed E-state index contributed by atoms with van der Waals surface area (Å²) in [7, 11) is 0. The Morgan fingerprint density at radius 1 is 0.900 bits per heavy atom. The van der Waals surface area contributed by atoms with Crippen LogP contribution in [-0.4, -0.2) is 13.1 Å². The molecule has 0 radical (unpaired) electrons. The van der Waals surface area contributed by atoms with Crippen LogP contribution in [-0.2, 0) is 12.7 Å². The lowest BCUT2D eigenvalue weighted by molar-refractivity contribution is -0.662. The molecule has 0 spiro atoms. The van der Waals surface area contributed by atoms with Gasteiger partial charge in [-0.3, -0.25) is 0 Å². The highest BCUT2D eigenvalue weighted by Crippen LogP contribution is 2.30. The normalized spacial score (nSPS) is 15.0. The molecule has 3 aromatic rings. The van der Waals surface area contributed by atoms with E-state index in [-0.39, 0.29) is 17.0 Å². The summed E-state index contributed by atoms with van der Waals surface area (Å²) in [5.41, 5.74) is 2.36. The van der Waals surface area contributed by atoms with Gasteiger partial charge in [-0.2, -0.15) is 17.7 Å². The van der Waals surface area contributed by atoms with Gasteiger partial charge in [0.25, 0.3) is 0 Å². The zero-order chi connectivity index (χ0) is 20.4. The van der Waals surface area contributed by atoms with Gasteiger partial charge in [0.1, 0.15) is 0 Å². The van der Waals surface area contributed by atoms with E-state index in [0.29, 0.717) is 11.6 Å². The number of pyridine rings is 1. The molecule has 2 nitrogen and oxygen atoms in total. The van der Waals surface area contributed by atoms with Crippen molar-refractivity contribution in [2.75, 3.05) is 18.0 Å². The first-order valence-electron chi connectivity index (χ1n) is 9.94. The molecular weight excluding hydrogens is 477 g/mol. The van der Waals surface area contributed by atoms with Gasteiger partial charge in [0.05, 0.1) is 16.6 Å². The van der Waals surface area contributed by atoms with Gasteiger partial charge in [-0.15, -0.1) is 0 Å². The third-order valence-electron chi connectivity index (χ3n) is 5.54. The van der Waals surface area contributed by atoms with Crippen molar-refractivity contribution < 1.29 is 34.7 Å². The second-order valence-electron chi connectivity index (χ2n) is 7.59. The van der Waals surface area contributed by atoms with Gasteiger partial charge in [0.2, 0.25) is 5.52 Å². The molecule has 2 aromatic carbocycles. The maximum absolute atomic E-state index is 12.8. The largest absolute Gasteiger partial charge is 1.00 e. The van der Waals surface area contributed by atoms with Crippen LogP contribution in [0.15, 0.2) is 54.7 Å². The Morgan fingerprint density at radius 3 is 2.20 bits per heavy atom. The van der Waals surface area contributed by atoms with Crippen LogP contribution in [0, 0.1) is 0 Å². The monoisotopic (exact) mass is 498 g/mol. The molecule has 1 fully saturated rings. The van der Waals surface area contributed by atoms with E-state index in [1.54, 1.807) is 0 Å². The first kappa shape index (κ1) is 22.9. The van der Waals surface area contributed by atoms with Gasteiger partial charge in [-0.25, -0.2) is 0 Å². The number of fused-ring (bicyclic) bond motifs is 1. The fourth-order valence-electron chi connectivity index (χ4n) is 4.01. The molecule has 0 aliphatic carbocycles. The third kappa shape index (κ3) is 5.09. The highest BCUT2D eigenvalue weighted by atomic mass is 79.9. The zero-order valence-corrected chi connectivity index (χ0v) is 18.8. The second-order valence-corrected chi connectivity index (χ2v) is 8.02. The van der Waals surface area contributed by atoms with Crippen LogP contribution in [0.4, 0.5) is 18.9 Å². The minimum absolute atomic E-state index is 0. The standard InChI is InChI=1S/C23H23ClF3N2.BrH/c24-19-9-10-20-21(28-12-3-1-2-4-13-28)11-14-29(22(20)15-19)16-17-5-7-18(8-6-17)23(25,26)27;/h5-11,14-15H,1-4,12-13,16H2;1H/q+1;/p-1. The summed E-state index contributed by atoms with van der Waals surface area (Å²) in [5, 5.41) is 1.76. The number of anilines is 1. The van der Waals surface area contributed by atoms with Crippen molar-refractivity contribution in [1.82, 2.24) is 0 Å². The highest BCUT2D eigenvalue weighted by molar-refractivity contribution is 6.31. The minimum Gasteiger partial charge on any atom is -1.00 e. The molecule has 1 aromatic heterocycles. The van der Waals surface area contributed by atoms with Crippen molar-refractivity contribution in [2.24, 2.45) is 0 Å². The van der Waals surface area contributed by atoms with Crippen molar-refractivity contribution in [3.8, 4) is 0 Å². The molecule has 1 aliphatic rings. The van der Waals surface area contributed by atoms with E-state index in [9.17, 15) is 13.2 Å². The van der Waals surface area contributed by atoms with Crippen LogP contribution in [0.1, 0.15) is 36.8 Å². The summed E-state index contributed by atoms with van der Waals surface area (Å²) in [5.74, 6) is 0. The summed E-state index contributed by atoms with van der Waals surface area (Å²) in [4.78, 5) is 2.44. The van der Waals surface area contributed by atoms with E-state index >= 15 is 0 Å². The van der Waals surface area contributed by atoms with Crippen LogP contribution in [0.25, 0.3) is 10.9 Å². The minimum atomic E-state index is -4.32. The Kier molecular flexibility index (Phi) is 7.30. The zero-order valence-electron chi connectivity index (χ0n) is 16.4. The van der Waals surface area contributed by atoms with E-state index in [0.717, 1.165) is 41.7 Å². The van der Waals surface area contributed by atoms with Gasteiger partial charge in [0.15, 0.2) is 12.7 Å². The molecule has 160 valence electrons. The van der Waals surface area contributed by atoms with Gasteiger partial charge < -0.3 is 21.9 Å². The molecule has 30 heavy (non-hydrogen) atoms. The first-order chi connectivity index (χ1) is 13.9. The maximum atomic E-state index is 12.8. The van der Waals surface area contributed by atoms with E-state index in [2.05, 4.69) is 11.0 Å². The molecule has 0 bridgehead atoms. The van der Waals surface area contributed by atoms with Crippen molar-refractivity contribution in [3.63, 3.8) is 0 Å². The maximum Gasteiger partial charge on any atom is 0.416 e. The molecule has 1 saturated heterocycles. The molecule has 0 atom stereocenters. The molecule has 0 saturated carbocycles. The van der Waals surface area contributed by atoms with E-state index in [1.165, 1.54) is 43.5 Å². The Hall–Kier alpha value is -1.79. The van der Waals surface area contributed by atoms with E-state index in [1.807, 2.05) is 29.0 Å². The molecule has 0 N–H and O–H groups in total. The lowest BCUT2D eigenvalue weighted by Gasteiger charge is -2.23. The molecular formula is C23H23BrClF3N2. The molecule has 0 unspecified atom stereocenters. The number of alkyl halides is 3. The topological polar surface area (TPSA) is 7.12 Å². The summed E-state index contributed by atoms with van der Waals surface area (Å²) < 4.78 is 40.5. The lowest BCUT2D eigenvalue weighted by Crippen LogP contribution is -3.00. The fourth-order valence-corrected chi connectivity index (χ4v) is 4.18. The predicted molar refractivity (Wildman–Crippen MR) is 110 cm³/mol. The predicted octanol–water partition coefficient (Wildman–Crippen LogP) is 3.23. The summed E-state index contributed by atoms with van der Waals surface area (Å²) >= 11 is 6.28. The molecule has 2 heterocycles. The molecule has 7 heteroatoms. The number of hydrogen-bond acceptors (Lipinski definition) is 1. The number of hydrogen-bond donors (Lipinski definition) is 0. The Morgan fingerprint density at radius 2 is 1.57 bits per heavy atom. The quantitative estimate of drug-likeness (QED) is 0.502. The average Bonchev–Trinajstić information content (AvgIpc) is 2.97. The number of aromatic nitrogens is 1. The van der Waals surface area contributed by atoms with Gasteiger partial charge in [0, 0.05) is 35.8 Å². The summed E-state index contributed by atoms with van der Waals surface area (Å²) in [6.45, 7) is 2.57. The lowest BCUT2D eigenvalue weighted by atomic mass is 10.1. The number of nitrogens with zero attached hydrogens (tertiary/aromatic N) is 2. The third-order valence-corrected chi connectivity index (χ3v) is 5.77. The van der Waals surface area contributed by atoms with E-state index < -0.39 is 11.7 Å². The first-order valence-corrected chi connectivity index (χ1v) is 10.3. The van der Waals surface area contributed by atoms with Crippen molar-refractivity contribution >= 4 is 28.2 Å². The smallest absolute Gasteiger partial charge is 0.416 e. The van der Waals surface area contributed by atoms with E-state index in [4.69, 9.17) is 11.6 Å². The van der Waals surface area contributed by atoms with Crippen molar-refractivity contribution in [1.29, 1.82) is 0 Å². The average molecular weight is 500 g/mol. The van der Waals surface area contributed by atoms with Gasteiger partial charge >= 0.3 is 6.18 Å². The summed E-state index contributed by atoms with van der Waals surface area (Å²) in [6, 6.07) is 13.3. The highest BCUT2D eigenvalue weighted by Gasteiger charge is 2.30. The Bertz CT molecular complexity index is 998. The Labute approximate surface area is 190 Å². The Balaban J connectivity index is 0.00000256. The van der Waals surface area contributed by atoms with Crippen molar-refractivity contribution in [3.05, 3.63) is 70.9 Å². The van der Waals surface area contributed by atoms with Crippen LogP contribution >= 0.6 is 11.6 Å². The van der Waals surface area contributed by atoms with Crippen molar-refractivity contribution in [2.45, 2.75) is 38.4 Å². The van der Waals surface area contributed by atoms with Crippen LogP contribution in [0.3, 0.4) is 0 Å². The van der Waals surface area contributed by atoms with Gasteiger partial charge in [-0.1, -0.05) is 36.6 Å². The molecule has 4 rings (SSSR count). The van der Waals surface area contributed by atoms with Crippen LogP contribution in [0.5, 0.6) is 0 Å². The van der Waals surface area contributed by atoms with Crippen LogP contribution < -0.4 is 26.4 Å². The fraction of sp³-hybridized carbons (Fsp3) is 0.348. The SMILES string of the molecule is FC(F)(F)c1ccc(C[n+]2ccc(N3CCCCCC3)c3ccc(Cl)cc32)cc1.[Br-]. The number of benzene rings is 2. The summed E-state index contributed by atoms with van der Waals surface area (Å²) in [6.07, 6.45) is 2.60.